The molecule has 1 N–H and O–H groups in total. The fourth-order valence-electron chi connectivity index (χ4n) is 0.962. The van der Waals surface area contributed by atoms with Gasteiger partial charge in [-0.05, 0) is 36.4 Å². The van der Waals surface area contributed by atoms with Crippen molar-refractivity contribution in [2.75, 3.05) is 6.61 Å². The Bertz CT molecular complexity index is 414. The standard InChI is InChI=1S/C8H9IN2O3/c1-3-14-8(13)5-4(2)6(9)10-11-7(5)12/h3H2,1-2H3,(H,11,12). The summed E-state index contributed by atoms with van der Waals surface area (Å²) < 4.78 is 5.34. The van der Waals surface area contributed by atoms with Crippen molar-refractivity contribution in [2.24, 2.45) is 0 Å². The number of H-pyrrole nitrogens is 1. The van der Waals surface area contributed by atoms with Crippen LogP contribution in [0, 0.1) is 10.6 Å². The van der Waals surface area contributed by atoms with Crippen molar-refractivity contribution in [1.29, 1.82) is 0 Å². The maximum atomic E-state index is 11.4. The summed E-state index contributed by atoms with van der Waals surface area (Å²) >= 11 is 1.94. The van der Waals surface area contributed by atoms with Crippen LogP contribution in [0.3, 0.4) is 0 Å². The maximum Gasteiger partial charge on any atom is 0.344 e. The summed E-state index contributed by atoms with van der Waals surface area (Å²) in [7, 11) is 0. The molecule has 1 heterocycles. The first-order chi connectivity index (χ1) is 6.57. The Labute approximate surface area is 94.0 Å². The molecule has 6 heteroatoms. The third kappa shape index (κ3) is 2.11. The molecule has 0 aliphatic heterocycles. The first kappa shape index (κ1) is 11.2. The minimum Gasteiger partial charge on any atom is -0.462 e. The van der Waals surface area contributed by atoms with Crippen LogP contribution in [-0.4, -0.2) is 22.8 Å². The Morgan fingerprint density at radius 2 is 2.29 bits per heavy atom. The van der Waals surface area contributed by atoms with Crippen molar-refractivity contribution in [1.82, 2.24) is 10.2 Å². The number of rotatable bonds is 2. The van der Waals surface area contributed by atoms with Crippen molar-refractivity contribution in [2.45, 2.75) is 13.8 Å². The van der Waals surface area contributed by atoms with Gasteiger partial charge in [0, 0.05) is 5.56 Å². The van der Waals surface area contributed by atoms with E-state index in [1.54, 1.807) is 13.8 Å². The number of esters is 1. The number of hydrogen-bond donors (Lipinski definition) is 1. The molecule has 0 unspecified atom stereocenters. The third-order valence-corrected chi connectivity index (χ3v) is 2.70. The van der Waals surface area contributed by atoms with Crippen molar-refractivity contribution in [3.8, 4) is 0 Å². The molecule has 0 radical (unpaired) electrons. The topological polar surface area (TPSA) is 72.0 Å². The Hall–Kier alpha value is -0.920. The van der Waals surface area contributed by atoms with E-state index >= 15 is 0 Å². The van der Waals surface area contributed by atoms with Gasteiger partial charge in [0.25, 0.3) is 5.56 Å². The van der Waals surface area contributed by atoms with Crippen LogP contribution in [0.2, 0.25) is 0 Å². The molecular formula is C8H9IN2O3. The first-order valence-electron chi connectivity index (χ1n) is 3.99. The number of halogens is 1. The molecule has 1 rings (SSSR count). The number of carbonyl (C=O) groups is 1. The van der Waals surface area contributed by atoms with Gasteiger partial charge in [0.1, 0.15) is 9.26 Å². The predicted octanol–water partition coefficient (Wildman–Crippen LogP) is 0.860. The molecule has 76 valence electrons. The molecule has 0 aliphatic rings. The van der Waals surface area contributed by atoms with Gasteiger partial charge in [-0.2, -0.15) is 5.10 Å². The molecule has 0 spiro atoms. The molecule has 0 fully saturated rings. The van der Waals surface area contributed by atoms with Gasteiger partial charge in [-0.1, -0.05) is 0 Å². The summed E-state index contributed by atoms with van der Waals surface area (Å²) in [6, 6.07) is 0. The van der Waals surface area contributed by atoms with Crippen LogP contribution in [0.1, 0.15) is 22.8 Å². The highest BCUT2D eigenvalue weighted by Crippen LogP contribution is 2.09. The van der Waals surface area contributed by atoms with Crippen LogP contribution < -0.4 is 5.56 Å². The van der Waals surface area contributed by atoms with Crippen molar-refractivity contribution in [3.63, 3.8) is 0 Å². The number of aromatic nitrogens is 2. The normalized spacial score (nSPS) is 9.93. The molecular weight excluding hydrogens is 299 g/mol. The molecule has 5 nitrogen and oxygen atoms in total. The van der Waals surface area contributed by atoms with Crippen LogP contribution in [0.25, 0.3) is 0 Å². The summed E-state index contributed by atoms with van der Waals surface area (Å²) in [5.74, 6) is -0.605. The van der Waals surface area contributed by atoms with E-state index in [0.717, 1.165) is 0 Å². The minimum absolute atomic E-state index is 0.0336. The summed E-state index contributed by atoms with van der Waals surface area (Å²) in [4.78, 5) is 22.7. The van der Waals surface area contributed by atoms with Crippen LogP contribution in [0.4, 0.5) is 0 Å². The second-order valence-corrected chi connectivity index (χ2v) is 3.59. The first-order valence-corrected chi connectivity index (χ1v) is 5.07. The van der Waals surface area contributed by atoms with Gasteiger partial charge in [0.2, 0.25) is 0 Å². The highest BCUT2D eigenvalue weighted by molar-refractivity contribution is 14.1. The van der Waals surface area contributed by atoms with Crippen molar-refractivity contribution >= 4 is 28.6 Å². The van der Waals surface area contributed by atoms with Gasteiger partial charge in [0.05, 0.1) is 6.61 Å². The summed E-state index contributed by atoms with van der Waals surface area (Å²) in [6.07, 6.45) is 0. The Kier molecular flexibility index (Phi) is 3.62. The number of nitrogens with one attached hydrogen (secondary N) is 1. The summed E-state index contributed by atoms with van der Waals surface area (Å²) in [5.41, 5.74) is 0.0698. The SMILES string of the molecule is CCOC(=O)c1c(C)c(I)n[nH]c1=O. The van der Waals surface area contributed by atoms with Gasteiger partial charge in [0.15, 0.2) is 0 Å². The molecule has 0 aromatic carbocycles. The number of nitrogens with zero attached hydrogens (tertiary/aromatic N) is 1. The minimum atomic E-state index is -0.605. The zero-order valence-electron chi connectivity index (χ0n) is 7.76. The fraction of sp³-hybridized carbons (Fsp3) is 0.375. The summed E-state index contributed by atoms with van der Waals surface area (Å²) in [5, 5.41) is 5.96. The van der Waals surface area contributed by atoms with E-state index in [1.807, 2.05) is 22.6 Å². The third-order valence-electron chi connectivity index (χ3n) is 1.65. The number of hydrogen-bond acceptors (Lipinski definition) is 4. The maximum absolute atomic E-state index is 11.4. The number of aromatic amines is 1. The molecule has 1 aromatic rings. The quantitative estimate of drug-likeness (QED) is 0.650. The van der Waals surface area contributed by atoms with Gasteiger partial charge in [-0.15, -0.1) is 0 Å². The summed E-state index contributed by atoms with van der Waals surface area (Å²) in [6.45, 7) is 3.60. The van der Waals surface area contributed by atoms with E-state index < -0.39 is 11.5 Å². The average Bonchev–Trinajstić information content (AvgIpc) is 2.13. The monoisotopic (exact) mass is 308 g/mol. The molecule has 0 amide bonds. The highest BCUT2D eigenvalue weighted by atomic mass is 127. The van der Waals surface area contributed by atoms with Crippen molar-refractivity contribution < 1.29 is 9.53 Å². The molecule has 1 aromatic heterocycles. The molecule has 0 atom stereocenters. The van der Waals surface area contributed by atoms with Crippen LogP contribution >= 0.6 is 22.6 Å². The lowest BCUT2D eigenvalue weighted by molar-refractivity contribution is 0.0523. The Balaban J connectivity index is 3.26. The molecule has 0 aliphatic carbocycles. The second-order valence-electron chi connectivity index (χ2n) is 2.56. The number of ether oxygens (including phenoxy) is 1. The number of carbonyl (C=O) groups excluding carboxylic acids is 1. The van der Waals surface area contributed by atoms with Crippen molar-refractivity contribution in [3.05, 3.63) is 25.2 Å². The average molecular weight is 308 g/mol. The lowest BCUT2D eigenvalue weighted by atomic mass is 10.2. The van der Waals surface area contributed by atoms with Gasteiger partial charge >= 0.3 is 5.97 Å². The Morgan fingerprint density at radius 3 is 2.86 bits per heavy atom. The molecule has 14 heavy (non-hydrogen) atoms. The van der Waals surface area contributed by atoms with E-state index in [2.05, 4.69) is 10.2 Å². The van der Waals surface area contributed by atoms with E-state index in [9.17, 15) is 9.59 Å². The zero-order chi connectivity index (χ0) is 10.7. The van der Waals surface area contributed by atoms with E-state index in [4.69, 9.17) is 4.74 Å². The van der Waals surface area contributed by atoms with E-state index in [-0.39, 0.29) is 12.2 Å². The smallest absolute Gasteiger partial charge is 0.344 e. The molecule has 0 saturated carbocycles. The van der Waals surface area contributed by atoms with Crippen LogP contribution in [0.5, 0.6) is 0 Å². The fourth-order valence-corrected chi connectivity index (χ4v) is 1.35. The largest absolute Gasteiger partial charge is 0.462 e. The highest BCUT2D eigenvalue weighted by Gasteiger charge is 2.17. The Morgan fingerprint density at radius 1 is 1.64 bits per heavy atom. The van der Waals surface area contributed by atoms with Gasteiger partial charge in [-0.25, -0.2) is 9.89 Å². The van der Waals surface area contributed by atoms with E-state index in [0.29, 0.717) is 9.26 Å². The lowest BCUT2D eigenvalue weighted by Gasteiger charge is -2.04. The molecule has 0 saturated heterocycles. The van der Waals surface area contributed by atoms with Crippen LogP contribution in [-0.2, 0) is 4.74 Å². The van der Waals surface area contributed by atoms with Crippen LogP contribution in [0.15, 0.2) is 4.79 Å². The zero-order valence-corrected chi connectivity index (χ0v) is 9.91. The molecule has 0 bridgehead atoms. The van der Waals surface area contributed by atoms with E-state index in [1.165, 1.54) is 0 Å². The second kappa shape index (κ2) is 4.54. The lowest BCUT2D eigenvalue weighted by Crippen LogP contribution is -2.23. The van der Waals surface area contributed by atoms with Gasteiger partial charge in [-0.3, -0.25) is 4.79 Å². The van der Waals surface area contributed by atoms with Gasteiger partial charge < -0.3 is 4.74 Å². The predicted molar refractivity (Wildman–Crippen MR) is 58.3 cm³/mol.